The van der Waals surface area contributed by atoms with E-state index >= 15 is 4.57 Å². The van der Waals surface area contributed by atoms with E-state index in [-0.39, 0.29) is 0 Å². The second-order valence-electron chi connectivity index (χ2n) is 12.6. The maximum atomic E-state index is 15.4. The molecule has 1 aromatic heterocycles. The minimum atomic E-state index is -3.15. The standard InChI is InChI=1S/C45H29N2OP/c48-49(33-19-5-2-6-20-33)40-27-12-11-26-39(40)47-44-38(25-14-28-41(44)49)46-45(47)32-18-13-17-31(29-32)43-36-23-9-7-21-34(36)42(30-15-3-1-4-16-30)35-22-8-10-24-37(35)43/h1-29H. The normalized spacial score (nSPS) is 15.1. The summed E-state index contributed by atoms with van der Waals surface area (Å²) in [7, 11) is -3.15. The largest absolute Gasteiger partial charge is 0.308 e. The number of imidazole rings is 1. The molecule has 8 aromatic carbocycles. The highest BCUT2D eigenvalue weighted by molar-refractivity contribution is 7.86. The van der Waals surface area contributed by atoms with E-state index in [1.165, 1.54) is 38.2 Å². The van der Waals surface area contributed by atoms with Crippen LogP contribution in [0.2, 0.25) is 0 Å². The molecular weight excluding hydrogens is 615 g/mol. The first-order chi connectivity index (χ1) is 24.2. The summed E-state index contributed by atoms with van der Waals surface area (Å²) < 4.78 is 17.6. The first-order valence-electron chi connectivity index (χ1n) is 16.6. The molecule has 0 saturated heterocycles. The molecule has 1 unspecified atom stereocenters. The molecule has 3 nitrogen and oxygen atoms in total. The number of rotatable bonds is 4. The summed E-state index contributed by atoms with van der Waals surface area (Å²) in [4.78, 5) is 5.27. The summed E-state index contributed by atoms with van der Waals surface area (Å²) >= 11 is 0. The van der Waals surface area contributed by atoms with Crippen molar-refractivity contribution in [1.82, 2.24) is 9.55 Å². The number of hydrogen-bond donors (Lipinski definition) is 0. The van der Waals surface area contributed by atoms with Crippen LogP contribution in [0.5, 0.6) is 0 Å². The molecule has 230 valence electrons. The van der Waals surface area contributed by atoms with Crippen molar-refractivity contribution < 1.29 is 4.57 Å². The van der Waals surface area contributed by atoms with Gasteiger partial charge < -0.3 is 4.57 Å². The Hall–Kier alpha value is -6.02. The molecular formula is C45H29N2OP. The molecule has 0 spiro atoms. The van der Waals surface area contributed by atoms with Crippen LogP contribution in [0, 0.1) is 0 Å². The van der Waals surface area contributed by atoms with Gasteiger partial charge in [-0.2, -0.15) is 0 Å². The molecule has 0 radical (unpaired) electrons. The third-order valence-corrected chi connectivity index (χ3v) is 13.1. The van der Waals surface area contributed by atoms with E-state index in [4.69, 9.17) is 4.98 Å². The average molecular weight is 645 g/mol. The zero-order chi connectivity index (χ0) is 32.5. The van der Waals surface area contributed by atoms with Crippen LogP contribution in [0.4, 0.5) is 0 Å². The molecule has 0 amide bonds. The Morgan fingerprint density at radius 2 is 0.959 bits per heavy atom. The van der Waals surface area contributed by atoms with E-state index in [9.17, 15) is 0 Å². The average Bonchev–Trinajstić information content (AvgIpc) is 3.57. The number of nitrogens with zero attached hydrogens (tertiary/aromatic N) is 2. The maximum Gasteiger partial charge on any atom is 0.175 e. The fourth-order valence-corrected chi connectivity index (χ4v) is 10.9. The van der Waals surface area contributed by atoms with Crippen LogP contribution in [-0.4, -0.2) is 9.55 Å². The van der Waals surface area contributed by atoms with Crippen LogP contribution < -0.4 is 15.9 Å². The van der Waals surface area contributed by atoms with Gasteiger partial charge in [0.1, 0.15) is 5.82 Å². The number of aromatic nitrogens is 2. The van der Waals surface area contributed by atoms with Crippen LogP contribution in [0.1, 0.15) is 0 Å². The Morgan fingerprint density at radius 3 is 1.65 bits per heavy atom. The molecule has 1 aliphatic rings. The van der Waals surface area contributed by atoms with Gasteiger partial charge in [0.05, 0.1) is 16.7 Å². The number of fused-ring (bicyclic) bond motifs is 4. The molecule has 10 rings (SSSR count). The maximum absolute atomic E-state index is 15.4. The van der Waals surface area contributed by atoms with Crippen LogP contribution >= 0.6 is 7.14 Å². The molecule has 9 aromatic rings. The van der Waals surface area contributed by atoms with Crippen molar-refractivity contribution in [2.24, 2.45) is 0 Å². The van der Waals surface area contributed by atoms with Gasteiger partial charge in [-0.05, 0) is 74.1 Å². The Morgan fingerprint density at radius 1 is 0.449 bits per heavy atom. The number of benzene rings is 8. The van der Waals surface area contributed by atoms with Crippen LogP contribution in [0.3, 0.4) is 0 Å². The molecule has 0 N–H and O–H groups in total. The van der Waals surface area contributed by atoms with Gasteiger partial charge in [0.25, 0.3) is 0 Å². The predicted octanol–water partition coefficient (Wildman–Crippen LogP) is 10.3. The summed E-state index contributed by atoms with van der Waals surface area (Å²) in [5, 5.41) is 7.38. The van der Waals surface area contributed by atoms with Crippen molar-refractivity contribution in [2.75, 3.05) is 0 Å². The topological polar surface area (TPSA) is 34.9 Å². The van der Waals surface area contributed by atoms with Gasteiger partial charge in [-0.1, -0.05) is 146 Å². The fourth-order valence-electron chi connectivity index (χ4n) is 7.93. The Balaban J connectivity index is 1.25. The van der Waals surface area contributed by atoms with E-state index in [2.05, 4.69) is 114 Å². The lowest BCUT2D eigenvalue weighted by molar-refractivity contribution is 0.592. The number of para-hydroxylation sites is 2. The van der Waals surface area contributed by atoms with Gasteiger partial charge >= 0.3 is 0 Å². The molecule has 1 aliphatic heterocycles. The van der Waals surface area contributed by atoms with Crippen molar-refractivity contribution >= 4 is 55.6 Å². The Bertz CT molecular complexity index is 2740. The van der Waals surface area contributed by atoms with E-state index in [0.29, 0.717) is 0 Å². The highest BCUT2D eigenvalue weighted by atomic mass is 31.2. The lowest BCUT2D eigenvalue weighted by Gasteiger charge is -2.29. The summed E-state index contributed by atoms with van der Waals surface area (Å²) in [6.07, 6.45) is 0. The van der Waals surface area contributed by atoms with Gasteiger partial charge in [-0.15, -0.1) is 0 Å². The molecule has 49 heavy (non-hydrogen) atoms. The minimum absolute atomic E-state index is 0.832. The third-order valence-electron chi connectivity index (χ3n) is 9.98. The molecule has 0 saturated carbocycles. The summed E-state index contributed by atoms with van der Waals surface area (Å²) in [6, 6.07) is 61.0. The summed E-state index contributed by atoms with van der Waals surface area (Å²) in [6.45, 7) is 0. The zero-order valence-corrected chi connectivity index (χ0v) is 27.4. The number of hydrogen-bond acceptors (Lipinski definition) is 2. The molecule has 4 heteroatoms. The van der Waals surface area contributed by atoms with Gasteiger partial charge in [0.2, 0.25) is 0 Å². The Kier molecular flexibility index (Phi) is 6.15. The molecule has 1 atom stereocenters. The van der Waals surface area contributed by atoms with Crippen LogP contribution in [-0.2, 0) is 4.57 Å². The van der Waals surface area contributed by atoms with E-state index < -0.39 is 7.14 Å². The van der Waals surface area contributed by atoms with Gasteiger partial charge in [0.15, 0.2) is 7.14 Å². The third kappa shape index (κ3) is 4.03. The van der Waals surface area contributed by atoms with Crippen molar-refractivity contribution in [1.29, 1.82) is 0 Å². The fraction of sp³-hybridized carbons (Fsp3) is 0. The lowest BCUT2D eigenvalue weighted by atomic mass is 9.86. The monoisotopic (exact) mass is 644 g/mol. The molecule has 0 fully saturated rings. The van der Waals surface area contributed by atoms with Gasteiger partial charge in [-0.25, -0.2) is 4.98 Å². The zero-order valence-electron chi connectivity index (χ0n) is 26.5. The van der Waals surface area contributed by atoms with Gasteiger partial charge in [-0.3, -0.25) is 4.57 Å². The highest BCUT2D eigenvalue weighted by Crippen LogP contribution is 2.50. The summed E-state index contributed by atoms with van der Waals surface area (Å²) in [5.74, 6) is 0.838. The van der Waals surface area contributed by atoms with E-state index in [1.54, 1.807) is 0 Å². The second kappa shape index (κ2) is 10.8. The van der Waals surface area contributed by atoms with Crippen molar-refractivity contribution in [3.8, 4) is 39.3 Å². The predicted molar refractivity (Wildman–Crippen MR) is 205 cm³/mol. The van der Waals surface area contributed by atoms with Gasteiger partial charge in [0, 0.05) is 21.5 Å². The SMILES string of the molecule is O=P1(c2ccccc2)c2ccccc2-n2c(-c3cccc(-c4c5ccccc5c(-c5ccccc5)c5ccccc45)c3)nc3cccc1c32. The smallest absolute Gasteiger partial charge is 0.175 e. The molecule has 0 bridgehead atoms. The van der Waals surface area contributed by atoms with E-state index in [0.717, 1.165) is 49.6 Å². The molecule has 2 heterocycles. The minimum Gasteiger partial charge on any atom is -0.308 e. The van der Waals surface area contributed by atoms with Crippen LogP contribution in [0.25, 0.3) is 71.9 Å². The van der Waals surface area contributed by atoms with Crippen molar-refractivity contribution in [3.63, 3.8) is 0 Å². The van der Waals surface area contributed by atoms with Crippen LogP contribution in [0.15, 0.2) is 176 Å². The second-order valence-corrected chi connectivity index (χ2v) is 15.3. The quantitative estimate of drug-likeness (QED) is 0.141. The first kappa shape index (κ1) is 28.0. The lowest BCUT2D eigenvalue weighted by Crippen LogP contribution is -2.32. The van der Waals surface area contributed by atoms with E-state index in [1.807, 2.05) is 66.7 Å². The van der Waals surface area contributed by atoms with Crippen molar-refractivity contribution in [2.45, 2.75) is 0 Å². The summed E-state index contributed by atoms with van der Waals surface area (Å²) in [5.41, 5.74) is 8.47. The highest BCUT2D eigenvalue weighted by Gasteiger charge is 2.39. The Labute approximate surface area is 284 Å². The first-order valence-corrected chi connectivity index (χ1v) is 18.3. The molecule has 0 aliphatic carbocycles. The van der Waals surface area contributed by atoms with Crippen molar-refractivity contribution in [3.05, 3.63) is 176 Å².